The summed E-state index contributed by atoms with van der Waals surface area (Å²) in [6.07, 6.45) is 0.498. The van der Waals surface area contributed by atoms with Gasteiger partial charge in [0.05, 0.1) is 6.10 Å². The Labute approximate surface area is 92.8 Å². The van der Waals surface area contributed by atoms with Crippen LogP contribution >= 0.6 is 0 Å². The maximum atomic E-state index is 5.26. The molecule has 2 aliphatic rings. The number of hydrogen-bond donors (Lipinski definition) is 0. The van der Waals surface area contributed by atoms with Crippen LogP contribution in [0.25, 0.3) is 0 Å². The standard InChI is InChI=1S/C11H23N3O/c1-12-3-5-13(6-4-12)7-8-14-9-11(10-14)15-2/h11H,3-10H2,1-2H3. The predicted molar refractivity (Wildman–Crippen MR) is 61.2 cm³/mol. The number of likely N-dealkylation sites (N-methyl/N-ethyl adjacent to an activating group) is 1. The number of rotatable bonds is 4. The van der Waals surface area contributed by atoms with Gasteiger partial charge < -0.3 is 9.64 Å². The molecule has 2 rings (SSSR count). The van der Waals surface area contributed by atoms with Gasteiger partial charge in [0.1, 0.15) is 0 Å². The maximum absolute atomic E-state index is 5.26. The highest BCUT2D eigenvalue weighted by Gasteiger charge is 2.26. The van der Waals surface area contributed by atoms with Crippen molar-refractivity contribution in [2.45, 2.75) is 6.10 Å². The van der Waals surface area contributed by atoms with Crippen LogP contribution in [0.5, 0.6) is 0 Å². The molecule has 0 saturated carbocycles. The van der Waals surface area contributed by atoms with Crippen LogP contribution in [0.15, 0.2) is 0 Å². The maximum Gasteiger partial charge on any atom is 0.0824 e. The zero-order chi connectivity index (χ0) is 10.7. The quantitative estimate of drug-likeness (QED) is 0.630. The number of nitrogens with zero attached hydrogens (tertiary/aromatic N) is 3. The first-order valence-corrected chi connectivity index (χ1v) is 5.94. The Morgan fingerprint density at radius 2 is 1.60 bits per heavy atom. The van der Waals surface area contributed by atoms with Crippen molar-refractivity contribution in [1.82, 2.24) is 14.7 Å². The lowest BCUT2D eigenvalue weighted by Crippen LogP contribution is -2.55. The Morgan fingerprint density at radius 3 is 2.20 bits per heavy atom. The number of methoxy groups -OCH3 is 1. The van der Waals surface area contributed by atoms with Crippen LogP contribution in [0.2, 0.25) is 0 Å². The molecule has 2 fully saturated rings. The van der Waals surface area contributed by atoms with Crippen LogP contribution in [-0.4, -0.2) is 87.3 Å². The van der Waals surface area contributed by atoms with E-state index in [-0.39, 0.29) is 0 Å². The molecule has 4 heteroatoms. The Bertz CT molecular complexity index is 186. The van der Waals surface area contributed by atoms with Gasteiger partial charge >= 0.3 is 0 Å². The highest BCUT2D eigenvalue weighted by molar-refractivity contribution is 4.81. The van der Waals surface area contributed by atoms with Gasteiger partial charge in [-0.05, 0) is 7.05 Å². The van der Waals surface area contributed by atoms with Crippen molar-refractivity contribution < 1.29 is 4.74 Å². The van der Waals surface area contributed by atoms with Gasteiger partial charge in [0.25, 0.3) is 0 Å². The molecule has 0 aliphatic carbocycles. The van der Waals surface area contributed by atoms with E-state index in [0.29, 0.717) is 6.10 Å². The summed E-state index contributed by atoms with van der Waals surface area (Å²) >= 11 is 0. The van der Waals surface area contributed by atoms with E-state index in [9.17, 15) is 0 Å². The highest BCUT2D eigenvalue weighted by atomic mass is 16.5. The minimum Gasteiger partial charge on any atom is -0.379 e. The zero-order valence-electron chi connectivity index (χ0n) is 9.98. The van der Waals surface area contributed by atoms with Crippen LogP contribution in [0, 0.1) is 0 Å². The Balaban J connectivity index is 1.55. The summed E-state index contributed by atoms with van der Waals surface area (Å²) in [5.74, 6) is 0. The van der Waals surface area contributed by atoms with Crippen molar-refractivity contribution >= 4 is 0 Å². The fourth-order valence-electron chi connectivity index (χ4n) is 2.21. The van der Waals surface area contributed by atoms with Gasteiger partial charge in [-0.25, -0.2) is 0 Å². The summed E-state index contributed by atoms with van der Waals surface area (Å²) in [4.78, 5) is 7.45. The fraction of sp³-hybridized carbons (Fsp3) is 1.00. The highest BCUT2D eigenvalue weighted by Crippen LogP contribution is 2.10. The summed E-state index contributed by atoms with van der Waals surface area (Å²) in [6, 6.07) is 0. The molecule has 0 aromatic carbocycles. The number of hydrogen-bond acceptors (Lipinski definition) is 4. The van der Waals surface area contributed by atoms with Gasteiger partial charge in [0.2, 0.25) is 0 Å². The summed E-state index contributed by atoms with van der Waals surface area (Å²) < 4.78 is 5.26. The van der Waals surface area contributed by atoms with E-state index >= 15 is 0 Å². The first-order valence-electron chi connectivity index (χ1n) is 5.94. The van der Waals surface area contributed by atoms with Crippen molar-refractivity contribution in [3.63, 3.8) is 0 Å². The molecule has 0 spiro atoms. The van der Waals surface area contributed by atoms with Gasteiger partial charge in [-0.2, -0.15) is 0 Å². The molecule has 0 amide bonds. The first kappa shape index (κ1) is 11.3. The molecule has 2 saturated heterocycles. The van der Waals surface area contributed by atoms with E-state index in [1.165, 1.54) is 39.3 Å². The largest absolute Gasteiger partial charge is 0.379 e. The van der Waals surface area contributed by atoms with Crippen LogP contribution in [0.4, 0.5) is 0 Å². The SMILES string of the molecule is COC1CN(CCN2CCN(C)CC2)C1. The van der Waals surface area contributed by atoms with Gasteiger partial charge in [-0.3, -0.25) is 9.80 Å². The Kier molecular flexibility index (Phi) is 3.97. The molecule has 0 unspecified atom stereocenters. The topological polar surface area (TPSA) is 19.0 Å². The fourth-order valence-corrected chi connectivity index (χ4v) is 2.21. The first-order chi connectivity index (χ1) is 7.28. The van der Waals surface area contributed by atoms with Crippen LogP contribution in [-0.2, 0) is 4.74 Å². The molecular formula is C11H23N3O. The van der Waals surface area contributed by atoms with Gasteiger partial charge in [-0.15, -0.1) is 0 Å². The van der Waals surface area contributed by atoms with E-state index in [1.807, 2.05) is 7.11 Å². The van der Waals surface area contributed by atoms with Crippen molar-refractivity contribution in [3.05, 3.63) is 0 Å². The van der Waals surface area contributed by atoms with E-state index in [0.717, 1.165) is 13.1 Å². The number of piperazine rings is 1. The third-order valence-electron chi connectivity index (χ3n) is 3.59. The molecule has 2 heterocycles. The smallest absolute Gasteiger partial charge is 0.0824 e. The third-order valence-corrected chi connectivity index (χ3v) is 3.59. The Hall–Kier alpha value is -0.160. The van der Waals surface area contributed by atoms with E-state index < -0.39 is 0 Å². The molecule has 0 aromatic heterocycles. The summed E-state index contributed by atoms with van der Waals surface area (Å²) in [5, 5.41) is 0. The molecular weight excluding hydrogens is 190 g/mol. The van der Waals surface area contributed by atoms with Crippen molar-refractivity contribution in [3.8, 4) is 0 Å². The van der Waals surface area contributed by atoms with Crippen molar-refractivity contribution in [1.29, 1.82) is 0 Å². The Morgan fingerprint density at radius 1 is 1.00 bits per heavy atom. The lowest BCUT2D eigenvalue weighted by Gasteiger charge is -2.40. The minimum atomic E-state index is 0.498. The predicted octanol–water partition coefficient (Wildman–Crippen LogP) is -0.436. The lowest BCUT2D eigenvalue weighted by atomic mass is 10.1. The molecule has 0 N–H and O–H groups in total. The van der Waals surface area contributed by atoms with Crippen LogP contribution < -0.4 is 0 Å². The summed E-state index contributed by atoms with van der Waals surface area (Å²) in [6.45, 7) is 9.61. The molecule has 88 valence electrons. The lowest BCUT2D eigenvalue weighted by molar-refractivity contribution is -0.0334. The van der Waals surface area contributed by atoms with Gasteiger partial charge in [0, 0.05) is 59.5 Å². The number of ether oxygens (including phenoxy) is 1. The average molecular weight is 213 g/mol. The zero-order valence-corrected chi connectivity index (χ0v) is 9.98. The third kappa shape index (κ3) is 3.14. The van der Waals surface area contributed by atoms with E-state index in [2.05, 4.69) is 21.7 Å². The monoisotopic (exact) mass is 213 g/mol. The molecule has 0 atom stereocenters. The molecule has 2 aliphatic heterocycles. The van der Waals surface area contributed by atoms with Crippen LogP contribution in [0.3, 0.4) is 0 Å². The van der Waals surface area contributed by atoms with Crippen molar-refractivity contribution in [2.75, 3.05) is 66.5 Å². The van der Waals surface area contributed by atoms with Crippen LogP contribution in [0.1, 0.15) is 0 Å². The minimum absolute atomic E-state index is 0.498. The molecule has 4 nitrogen and oxygen atoms in total. The number of likely N-dealkylation sites (tertiary alicyclic amines) is 1. The second-order valence-electron chi connectivity index (χ2n) is 4.76. The molecule has 15 heavy (non-hydrogen) atoms. The summed E-state index contributed by atoms with van der Waals surface area (Å²) in [7, 11) is 4.01. The second-order valence-corrected chi connectivity index (χ2v) is 4.76. The molecule has 0 bridgehead atoms. The van der Waals surface area contributed by atoms with Gasteiger partial charge in [0.15, 0.2) is 0 Å². The normalized spacial score (nSPS) is 26.8. The van der Waals surface area contributed by atoms with Crippen molar-refractivity contribution in [2.24, 2.45) is 0 Å². The van der Waals surface area contributed by atoms with E-state index in [4.69, 9.17) is 4.74 Å². The van der Waals surface area contributed by atoms with Gasteiger partial charge in [-0.1, -0.05) is 0 Å². The average Bonchev–Trinajstić information content (AvgIpc) is 2.19. The molecule has 0 aromatic rings. The second kappa shape index (κ2) is 5.25. The summed E-state index contributed by atoms with van der Waals surface area (Å²) in [5.41, 5.74) is 0. The van der Waals surface area contributed by atoms with E-state index in [1.54, 1.807) is 0 Å². The molecule has 0 radical (unpaired) electrons.